The molecule has 2 amide bonds. The largest absolute Gasteiger partial charge is 0.444 e. The summed E-state index contributed by atoms with van der Waals surface area (Å²) in [6.07, 6.45) is -0.348. The highest BCUT2D eigenvalue weighted by Crippen LogP contribution is 2.29. The number of hydrogen-bond acceptors (Lipinski definition) is 7. The van der Waals surface area contributed by atoms with Crippen LogP contribution in [-0.2, 0) is 19.6 Å². The lowest BCUT2D eigenvalue weighted by molar-refractivity contribution is -0.387. The fourth-order valence-electron chi connectivity index (χ4n) is 3.93. The molecular formula is C23H36N4O7S. The first-order valence-corrected chi connectivity index (χ1v) is 12.9. The molecule has 11 nitrogen and oxygen atoms in total. The van der Waals surface area contributed by atoms with Gasteiger partial charge in [0.1, 0.15) is 11.6 Å². The van der Waals surface area contributed by atoms with Gasteiger partial charge in [-0.05, 0) is 45.6 Å². The second-order valence-electron chi connectivity index (χ2n) is 10.9. The van der Waals surface area contributed by atoms with Crippen molar-refractivity contribution in [3.63, 3.8) is 0 Å². The van der Waals surface area contributed by atoms with Crippen molar-refractivity contribution in [3.05, 3.63) is 34.4 Å². The van der Waals surface area contributed by atoms with Gasteiger partial charge in [-0.3, -0.25) is 14.9 Å². The third-order valence-electron chi connectivity index (χ3n) is 5.33. The molecule has 196 valence electrons. The van der Waals surface area contributed by atoms with Crippen LogP contribution in [0, 0.1) is 15.5 Å². The molecule has 1 saturated heterocycles. The average Bonchev–Trinajstić information content (AvgIpc) is 2.70. The number of sulfonamides is 1. The molecule has 2 atom stereocenters. The van der Waals surface area contributed by atoms with E-state index >= 15 is 0 Å². The van der Waals surface area contributed by atoms with Crippen LogP contribution in [0.5, 0.6) is 0 Å². The molecule has 1 aromatic rings. The number of nitrogens with one attached hydrogen (secondary N) is 1. The molecule has 0 unspecified atom stereocenters. The average molecular weight is 513 g/mol. The minimum absolute atomic E-state index is 0.0318. The van der Waals surface area contributed by atoms with Crippen LogP contribution in [0.4, 0.5) is 10.5 Å². The Morgan fingerprint density at radius 2 is 1.77 bits per heavy atom. The first kappa shape index (κ1) is 28.5. The van der Waals surface area contributed by atoms with Gasteiger partial charge in [-0.1, -0.05) is 32.9 Å². The molecule has 1 N–H and O–H groups in total. The van der Waals surface area contributed by atoms with Crippen LogP contribution in [0.1, 0.15) is 54.9 Å². The first-order valence-electron chi connectivity index (χ1n) is 11.5. The van der Waals surface area contributed by atoms with Gasteiger partial charge in [0.25, 0.3) is 5.69 Å². The summed E-state index contributed by atoms with van der Waals surface area (Å²) in [4.78, 5) is 37.6. The third kappa shape index (κ3) is 7.63. The Morgan fingerprint density at radius 3 is 2.29 bits per heavy atom. The maximum atomic E-state index is 13.4. The number of nitro groups is 1. The van der Waals surface area contributed by atoms with E-state index < -0.39 is 44.4 Å². The Balaban J connectivity index is 2.22. The van der Waals surface area contributed by atoms with Gasteiger partial charge in [-0.25, -0.2) is 13.2 Å². The van der Waals surface area contributed by atoms with E-state index in [9.17, 15) is 28.1 Å². The molecule has 1 aliphatic rings. The predicted molar refractivity (Wildman–Crippen MR) is 130 cm³/mol. The van der Waals surface area contributed by atoms with Crippen molar-refractivity contribution < 1.29 is 27.7 Å². The fraction of sp³-hybridized carbons (Fsp3) is 0.652. The van der Waals surface area contributed by atoms with Crippen molar-refractivity contribution in [2.45, 2.75) is 77.5 Å². The minimum Gasteiger partial charge on any atom is -0.444 e. The number of alkyl carbamates (subject to hydrolysis) is 1. The van der Waals surface area contributed by atoms with Crippen LogP contribution in [0.3, 0.4) is 0 Å². The van der Waals surface area contributed by atoms with E-state index in [1.165, 1.54) is 27.4 Å². The van der Waals surface area contributed by atoms with E-state index in [0.29, 0.717) is 6.42 Å². The van der Waals surface area contributed by atoms with Gasteiger partial charge in [-0.2, -0.15) is 4.31 Å². The monoisotopic (exact) mass is 512 g/mol. The molecule has 1 aromatic carbocycles. The van der Waals surface area contributed by atoms with E-state index in [2.05, 4.69) is 5.32 Å². The van der Waals surface area contributed by atoms with E-state index in [1.54, 1.807) is 27.7 Å². The predicted octanol–water partition coefficient (Wildman–Crippen LogP) is 3.15. The van der Waals surface area contributed by atoms with E-state index in [1.807, 2.05) is 20.8 Å². The number of nitrogens with zero attached hydrogens (tertiary/aromatic N) is 3. The summed E-state index contributed by atoms with van der Waals surface area (Å²) in [5.74, 6) is -0.333. The van der Waals surface area contributed by atoms with Crippen LogP contribution in [0.25, 0.3) is 0 Å². The van der Waals surface area contributed by atoms with E-state index in [-0.39, 0.29) is 35.9 Å². The van der Waals surface area contributed by atoms with Crippen molar-refractivity contribution in [2.24, 2.45) is 5.41 Å². The summed E-state index contributed by atoms with van der Waals surface area (Å²) in [5, 5.41) is 14.0. The Hall–Kier alpha value is -2.73. The highest BCUT2D eigenvalue weighted by molar-refractivity contribution is 7.89. The van der Waals surface area contributed by atoms with Crippen molar-refractivity contribution >= 4 is 27.7 Å². The molecule has 35 heavy (non-hydrogen) atoms. The van der Waals surface area contributed by atoms with Crippen molar-refractivity contribution in [2.75, 3.05) is 19.6 Å². The summed E-state index contributed by atoms with van der Waals surface area (Å²) in [5.41, 5.74) is -1.50. The molecule has 1 fully saturated rings. The molecular weight excluding hydrogens is 476 g/mol. The number of piperazine rings is 1. The molecule has 0 bridgehead atoms. The van der Waals surface area contributed by atoms with Crippen LogP contribution < -0.4 is 5.32 Å². The number of rotatable bonds is 6. The Bertz CT molecular complexity index is 1060. The van der Waals surface area contributed by atoms with Crippen LogP contribution in [0.15, 0.2) is 29.2 Å². The number of carbonyl (C=O) groups is 2. The molecule has 1 heterocycles. The Labute approximate surface area is 207 Å². The summed E-state index contributed by atoms with van der Waals surface area (Å²) in [7, 11) is -4.16. The van der Waals surface area contributed by atoms with Gasteiger partial charge in [-0.15, -0.1) is 0 Å². The lowest BCUT2D eigenvalue weighted by atomic mass is 9.87. The molecule has 1 aliphatic heterocycles. The fourth-order valence-corrected chi connectivity index (χ4v) is 5.71. The van der Waals surface area contributed by atoms with Gasteiger partial charge in [0.15, 0.2) is 4.90 Å². The number of hydrogen-bond donors (Lipinski definition) is 1. The molecule has 2 rings (SSSR count). The number of amides is 2. The Morgan fingerprint density at radius 1 is 1.17 bits per heavy atom. The maximum absolute atomic E-state index is 13.4. The number of para-hydroxylation sites is 1. The summed E-state index contributed by atoms with van der Waals surface area (Å²) < 4.78 is 33.0. The molecule has 0 radical (unpaired) electrons. The summed E-state index contributed by atoms with van der Waals surface area (Å²) >= 11 is 0. The van der Waals surface area contributed by atoms with E-state index in [0.717, 1.165) is 6.07 Å². The zero-order valence-electron chi connectivity index (χ0n) is 21.4. The van der Waals surface area contributed by atoms with Crippen LogP contribution in [-0.4, -0.2) is 71.9 Å². The smallest absolute Gasteiger partial charge is 0.408 e. The van der Waals surface area contributed by atoms with Crippen LogP contribution >= 0.6 is 0 Å². The zero-order valence-corrected chi connectivity index (χ0v) is 22.2. The third-order valence-corrected chi connectivity index (χ3v) is 7.39. The topological polar surface area (TPSA) is 139 Å². The SMILES string of the molecule is C[C@H]1CN(C(=O)[C@H](CC(C)(C)C)NC(=O)OC(C)(C)C)CCN1S(=O)(=O)c1ccccc1[N+](=O)[O-]. The summed E-state index contributed by atoms with van der Waals surface area (Å²) in [6.45, 7) is 12.8. The van der Waals surface area contributed by atoms with Crippen molar-refractivity contribution in [3.8, 4) is 0 Å². The number of carbonyl (C=O) groups excluding carboxylic acids is 2. The van der Waals surface area contributed by atoms with Gasteiger partial charge < -0.3 is 15.0 Å². The summed E-state index contributed by atoms with van der Waals surface area (Å²) in [6, 6.07) is 3.72. The highest BCUT2D eigenvalue weighted by atomic mass is 32.2. The molecule has 12 heteroatoms. The lowest BCUT2D eigenvalue weighted by Crippen LogP contribution is -2.59. The van der Waals surface area contributed by atoms with Gasteiger partial charge in [0, 0.05) is 31.7 Å². The maximum Gasteiger partial charge on any atom is 0.408 e. The minimum atomic E-state index is -4.16. The lowest BCUT2D eigenvalue weighted by Gasteiger charge is -2.40. The molecule has 0 saturated carbocycles. The quantitative estimate of drug-likeness (QED) is 0.456. The van der Waals surface area contributed by atoms with Gasteiger partial charge >= 0.3 is 6.09 Å². The van der Waals surface area contributed by atoms with E-state index in [4.69, 9.17) is 4.74 Å². The normalized spacial score (nSPS) is 18.6. The number of nitro benzene ring substituents is 1. The molecule has 0 aliphatic carbocycles. The van der Waals surface area contributed by atoms with Gasteiger partial charge in [0.2, 0.25) is 15.9 Å². The second-order valence-corrected chi connectivity index (χ2v) is 12.8. The molecule has 0 aromatic heterocycles. The van der Waals surface area contributed by atoms with Gasteiger partial charge in [0.05, 0.1) is 4.92 Å². The van der Waals surface area contributed by atoms with Crippen molar-refractivity contribution in [1.29, 1.82) is 0 Å². The number of benzene rings is 1. The first-order chi connectivity index (χ1) is 15.9. The van der Waals surface area contributed by atoms with Crippen molar-refractivity contribution in [1.82, 2.24) is 14.5 Å². The highest BCUT2D eigenvalue weighted by Gasteiger charge is 2.40. The standard InChI is InChI=1S/C23H36N4O7S/c1-16-15-25(20(28)17(14-22(2,3)4)24-21(29)34-23(5,6)7)12-13-26(16)35(32,33)19-11-9-8-10-18(19)27(30)31/h8-11,16-17H,12-15H2,1-7H3,(H,24,29)/t16-,17-/m0/s1. The second kappa shape index (κ2) is 10.5. The number of ether oxygens (including phenoxy) is 1. The van der Waals surface area contributed by atoms with Crippen LogP contribution in [0.2, 0.25) is 0 Å². The Kier molecular flexibility index (Phi) is 8.54. The molecule has 0 spiro atoms. The zero-order chi connectivity index (χ0) is 26.8.